The van der Waals surface area contributed by atoms with Crippen molar-refractivity contribution in [3.63, 3.8) is 0 Å². The van der Waals surface area contributed by atoms with Crippen molar-refractivity contribution in [3.05, 3.63) is 0 Å². The van der Waals surface area contributed by atoms with Crippen molar-refractivity contribution in [2.45, 2.75) is 151 Å². The van der Waals surface area contributed by atoms with Crippen molar-refractivity contribution in [2.24, 2.45) is 62.1 Å². The van der Waals surface area contributed by atoms with Gasteiger partial charge in [-0.05, 0) is 121 Å². The number of hydrogen-bond acceptors (Lipinski definition) is 5. The van der Waals surface area contributed by atoms with Crippen molar-refractivity contribution < 1.29 is 23.8 Å². The van der Waals surface area contributed by atoms with Gasteiger partial charge in [0.15, 0.2) is 0 Å². The molecule has 7 rings (SSSR count). The van der Waals surface area contributed by atoms with Gasteiger partial charge >= 0.3 is 12.2 Å². The van der Waals surface area contributed by atoms with Crippen LogP contribution >= 0.6 is 0 Å². The van der Waals surface area contributed by atoms with E-state index in [0.29, 0.717) is 34.5 Å². The number of likely N-dealkylation sites (tertiary alicyclic amines) is 1. The van der Waals surface area contributed by atoms with Crippen LogP contribution in [-0.4, -0.2) is 73.6 Å². The Kier molecular flexibility index (Phi) is 7.77. The van der Waals surface area contributed by atoms with Gasteiger partial charge in [0.2, 0.25) is 0 Å². The minimum atomic E-state index is -0.213. The first kappa shape index (κ1) is 34.0. The molecule has 13 atom stereocenters. The molecule has 7 fully saturated rings. The highest BCUT2D eigenvalue weighted by Gasteiger charge is 2.88. The van der Waals surface area contributed by atoms with E-state index in [9.17, 15) is 9.59 Å². The third-order valence-corrected chi connectivity index (χ3v) is 17.3. The van der Waals surface area contributed by atoms with E-state index in [-0.39, 0.29) is 64.2 Å². The van der Waals surface area contributed by atoms with Crippen LogP contribution in [0.15, 0.2) is 0 Å². The molecule has 0 aromatic heterocycles. The maximum Gasteiger partial charge on any atom is 0.410 e. The number of nitrogens with zero attached hydrogens (tertiary/aromatic N) is 2. The van der Waals surface area contributed by atoms with Gasteiger partial charge in [0, 0.05) is 32.6 Å². The second-order valence-electron chi connectivity index (χ2n) is 19.3. The standard InChI is InChI=1S/C40H66N2O5/c1-12-39-17-14-28-35(6,7)29(46-33(43)41(10)11)15-16-38(28)23-40(38,39)19-18-36(8)30-25(4)22-27(45-32(30)26(5)37(36,39)9)31(24(2)3)47-34(44)42-20-13-21-42/h24-32H,12-23H2,1-11H3/t25-,26+,27-,28+,29+,30+,31-,32-,36-,37-,38?,39+,40-/m1/s1. The van der Waals surface area contributed by atoms with Crippen LogP contribution < -0.4 is 0 Å². The molecule has 5 saturated carbocycles. The lowest BCUT2D eigenvalue weighted by Crippen LogP contribution is -2.65. The van der Waals surface area contributed by atoms with E-state index in [1.165, 1.54) is 44.9 Å². The first-order valence-corrected chi connectivity index (χ1v) is 19.5. The first-order valence-electron chi connectivity index (χ1n) is 19.5. The highest BCUT2D eigenvalue weighted by atomic mass is 16.6. The summed E-state index contributed by atoms with van der Waals surface area (Å²) in [6.45, 7) is 23.8. The summed E-state index contributed by atoms with van der Waals surface area (Å²) >= 11 is 0. The van der Waals surface area contributed by atoms with Crippen LogP contribution in [0.4, 0.5) is 9.59 Å². The van der Waals surface area contributed by atoms with Crippen LogP contribution in [0.25, 0.3) is 0 Å². The van der Waals surface area contributed by atoms with Gasteiger partial charge in [-0.15, -0.1) is 0 Å². The maximum atomic E-state index is 13.0. The third-order valence-electron chi connectivity index (χ3n) is 17.3. The van der Waals surface area contributed by atoms with E-state index in [2.05, 4.69) is 62.3 Å². The Morgan fingerprint density at radius 3 is 2.30 bits per heavy atom. The SMILES string of the molecule is CC[C@@]12CC[C@H]3C(C)(C)[C@@H](OC(=O)N(C)C)CCC34C[C@]41CC[C@]1(C)[C@@H]3[C@H](O[C@@H]([C@H](OC(=O)N4CCC4)C(C)C)C[C@H]3C)[C@H](C)[C@@]21C. The van der Waals surface area contributed by atoms with Crippen LogP contribution in [0.5, 0.6) is 0 Å². The van der Waals surface area contributed by atoms with Crippen molar-refractivity contribution in [2.75, 3.05) is 27.2 Å². The number of carbonyl (C=O) groups excluding carboxylic acids is 2. The monoisotopic (exact) mass is 654 g/mol. The molecule has 1 unspecified atom stereocenters. The van der Waals surface area contributed by atoms with E-state index in [1.54, 1.807) is 19.0 Å². The van der Waals surface area contributed by atoms with E-state index in [1.807, 2.05) is 4.90 Å². The quantitative estimate of drug-likeness (QED) is 0.297. The van der Waals surface area contributed by atoms with E-state index < -0.39 is 0 Å². The lowest BCUT2D eigenvalue weighted by molar-refractivity contribution is -0.229. The Morgan fingerprint density at radius 1 is 1.00 bits per heavy atom. The molecular formula is C40H66N2O5. The van der Waals surface area contributed by atoms with Crippen LogP contribution in [0.3, 0.4) is 0 Å². The highest BCUT2D eigenvalue weighted by Crippen LogP contribution is 2.94. The number of fused-ring (bicyclic) bond motifs is 4. The lowest BCUT2D eigenvalue weighted by Gasteiger charge is -2.70. The molecule has 47 heavy (non-hydrogen) atoms. The van der Waals surface area contributed by atoms with Crippen LogP contribution in [0, 0.1) is 62.1 Å². The number of hydrogen-bond donors (Lipinski definition) is 0. The highest BCUT2D eigenvalue weighted by molar-refractivity contribution is 5.68. The fraction of sp³-hybridized carbons (Fsp3) is 0.950. The minimum Gasteiger partial charge on any atom is -0.446 e. The number of rotatable bonds is 5. The molecule has 5 aliphatic carbocycles. The Morgan fingerprint density at radius 2 is 1.70 bits per heavy atom. The van der Waals surface area contributed by atoms with Gasteiger partial charge in [0.05, 0.1) is 12.2 Å². The van der Waals surface area contributed by atoms with Gasteiger partial charge in [0.25, 0.3) is 0 Å². The van der Waals surface area contributed by atoms with Crippen molar-refractivity contribution in [3.8, 4) is 0 Å². The molecule has 2 saturated heterocycles. The summed E-state index contributed by atoms with van der Waals surface area (Å²) in [6, 6.07) is 0. The largest absolute Gasteiger partial charge is 0.446 e. The zero-order valence-corrected chi connectivity index (χ0v) is 31.6. The molecule has 0 aromatic carbocycles. The summed E-state index contributed by atoms with van der Waals surface area (Å²) < 4.78 is 19.8. The Labute approximate surface area is 285 Å². The summed E-state index contributed by atoms with van der Waals surface area (Å²) in [4.78, 5) is 29.2. The molecular weight excluding hydrogens is 588 g/mol. The van der Waals surface area contributed by atoms with Gasteiger partial charge in [-0.3, -0.25) is 0 Å². The second kappa shape index (κ2) is 10.8. The average Bonchev–Trinajstić information content (AvgIpc) is 3.61. The van der Waals surface area contributed by atoms with Crippen LogP contribution in [-0.2, 0) is 14.2 Å². The number of carbonyl (C=O) groups is 2. The van der Waals surface area contributed by atoms with Gasteiger partial charge in [-0.25, -0.2) is 9.59 Å². The number of ether oxygens (including phenoxy) is 3. The zero-order chi connectivity index (χ0) is 34.1. The molecule has 2 aliphatic heterocycles. The molecule has 2 spiro atoms. The lowest BCUT2D eigenvalue weighted by atomic mass is 9.34. The Balaban J connectivity index is 1.20. The summed E-state index contributed by atoms with van der Waals surface area (Å²) in [5.74, 6) is 2.26. The molecule has 7 nitrogen and oxygen atoms in total. The smallest absolute Gasteiger partial charge is 0.410 e. The predicted octanol–water partition coefficient (Wildman–Crippen LogP) is 8.79. The second-order valence-corrected chi connectivity index (χ2v) is 19.3. The molecule has 0 aromatic rings. The molecule has 0 N–H and O–H groups in total. The fourth-order valence-electron chi connectivity index (χ4n) is 14.9. The molecule has 0 radical (unpaired) electrons. The molecule has 7 heteroatoms. The van der Waals surface area contributed by atoms with Crippen molar-refractivity contribution in [1.29, 1.82) is 0 Å². The van der Waals surface area contributed by atoms with E-state index >= 15 is 0 Å². The Bertz CT molecular complexity index is 1280. The zero-order valence-electron chi connectivity index (χ0n) is 31.6. The van der Waals surface area contributed by atoms with Gasteiger partial charge in [0.1, 0.15) is 12.2 Å². The molecule has 0 bridgehead atoms. The predicted molar refractivity (Wildman–Crippen MR) is 184 cm³/mol. The van der Waals surface area contributed by atoms with Crippen molar-refractivity contribution >= 4 is 12.2 Å². The third kappa shape index (κ3) is 4.07. The minimum absolute atomic E-state index is 0.0206. The summed E-state index contributed by atoms with van der Waals surface area (Å²) in [6.07, 6.45) is 11.4. The van der Waals surface area contributed by atoms with E-state index in [4.69, 9.17) is 14.2 Å². The maximum absolute atomic E-state index is 13.0. The topological polar surface area (TPSA) is 68.3 Å². The normalized spacial score (nSPS) is 49.7. The van der Waals surface area contributed by atoms with E-state index in [0.717, 1.165) is 32.4 Å². The first-order chi connectivity index (χ1) is 22.0. The molecule has 7 aliphatic rings. The average molecular weight is 655 g/mol. The summed E-state index contributed by atoms with van der Waals surface area (Å²) in [5.41, 5.74) is 1.30. The van der Waals surface area contributed by atoms with Gasteiger partial charge < -0.3 is 24.0 Å². The molecule has 2 heterocycles. The molecule has 266 valence electrons. The summed E-state index contributed by atoms with van der Waals surface area (Å²) in [5, 5.41) is 0. The van der Waals surface area contributed by atoms with Crippen LogP contribution in [0.2, 0.25) is 0 Å². The van der Waals surface area contributed by atoms with Gasteiger partial charge in [-0.1, -0.05) is 62.3 Å². The number of amides is 2. The fourth-order valence-corrected chi connectivity index (χ4v) is 14.9. The molecule has 2 amide bonds. The Hall–Kier alpha value is -1.50. The van der Waals surface area contributed by atoms with Gasteiger partial charge in [-0.2, -0.15) is 0 Å². The van der Waals surface area contributed by atoms with Crippen LogP contribution in [0.1, 0.15) is 127 Å². The van der Waals surface area contributed by atoms with Crippen molar-refractivity contribution in [1.82, 2.24) is 9.80 Å². The summed E-state index contributed by atoms with van der Waals surface area (Å²) in [7, 11) is 3.59.